The molecule has 2 unspecified atom stereocenters. The average molecular weight is 1000 g/mol. The molecule has 0 aliphatic carbocycles. The van der Waals surface area contributed by atoms with E-state index in [1.54, 1.807) is 0 Å². The summed E-state index contributed by atoms with van der Waals surface area (Å²) in [6, 6.07) is 0. The lowest BCUT2D eigenvalue weighted by atomic mass is 10.0. The van der Waals surface area contributed by atoms with Crippen LogP contribution in [-0.2, 0) is 32.7 Å². The maximum absolute atomic E-state index is 12.8. The Bertz CT molecular complexity index is 1370. The molecule has 0 heterocycles. The van der Waals surface area contributed by atoms with Crippen LogP contribution in [0, 0.1) is 0 Å². The van der Waals surface area contributed by atoms with Crippen molar-refractivity contribution in [1.29, 1.82) is 0 Å². The van der Waals surface area contributed by atoms with Crippen LogP contribution in [0.4, 0.5) is 0 Å². The van der Waals surface area contributed by atoms with Gasteiger partial charge in [-0.15, -0.1) is 0 Å². The van der Waals surface area contributed by atoms with E-state index in [1.165, 1.54) is 154 Å². The van der Waals surface area contributed by atoms with Crippen molar-refractivity contribution < 1.29 is 42.1 Å². The lowest BCUT2D eigenvalue weighted by Gasteiger charge is -2.28. The Balaban J connectivity index is 4.08. The van der Waals surface area contributed by atoms with Gasteiger partial charge in [-0.1, -0.05) is 248 Å². The third-order valence-corrected chi connectivity index (χ3v) is 13.5. The van der Waals surface area contributed by atoms with Gasteiger partial charge in [-0.25, -0.2) is 0 Å². The molecule has 0 aromatic carbocycles. The monoisotopic (exact) mass is 1000 g/mol. The first-order valence-electron chi connectivity index (χ1n) is 29.0. The van der Waals surface area contributed by atoms with Gasteiger partial charge in [0.2, 0.25) is 0 Å². The van der Waals surface area contributed by atoms with Gasteiger partial charge in [0.1, 0.15) is 19.8 Å². The Morgan fingerprint density at radius 2 is 0.814 bits per heavy atom. The first-order chi connectivity index (χ1) is 34.0. The molecule has 2 atom stereocenters. The minimum absolute atomic E-state index is 0.0301. The summed E-state index contributed by atoms with van der Waals surface area (Å²) < 4.78 is 34.1. The topological polar surface area (TPSA) is 111 Å². The summed E-state index contributed by atoms with van der Waals surface area (Å²) >= 11 is 0. The lowest BCUT2D eigenvalue weighted by molar-refractivity contribution is -0.870. The first kappa shape index (κ1) is 67.7. The number of allylic oxidation sites excluding steroid dienone is 10. The molecule has 9 nitrogen and oxygen atoms in total. The summed E-state index contributed by atoms with van der Waals surface area (Å²) in [4.78, 5) is 37.8. The Labute approximate surface area is 432 Å². The highest BCUT2D eigenvalue weighted by Gasteiger charge is 2.22. The highest BCUT2D eigenvalue weighted by atomic mass is 31.2. The van der Waals surface area contributed by atoms with E-state index < -0.39 is 26.5 Å². The van der Waals surface area contributed by atoms with E-state index in [1.807, 2.05) is 21.1 Å². The summed E-state index contributed by atoms with van der Waals surface area (Å²) in [5, 5.41) is 0. The highest BCUT2D eigenvalue weighted by molar-refractivity contribution is 7.45. The molecule has 0 spiro atoms. The second-order valence-electron chi connectivity index (χ2n) is 20.6. The third kappa shape index (κ3) is 55.0. The Kier molecular flexibility index (Phi) is 49.9. The Morgan fingerprint density at radius 3 is 1.21 bits per heavy atom. The van der Waals surface area contributed by atoms with Crippen LogP contribution in [0.3, 0.4) is 0 Å². The molecule has 0 saturated heterocycles. The molecule has 0 rings (SSSR count). The van der Waals surface area contributed by atoms with E-state index >= 15 is 0 Å². The van der Waals surface area contributed by atoms with Gasteiger partial charge in [-0.05, 0) is 57.8 Å². The molecule has 10 heteroatoms. The number of phosphoric acid groups is 1. The molecule has 0 radical (unpaired) electrons. The number of quaternary nitrogens is 1. The number of hydrogen-bond acceptors (Lipinski definition) is 8. The van der Waals surface area contributed by atoms with Crippen LogP contribution in [0.15, 0.2) is 60.8 Å². The van der Waals surface area contributed by atoms with Crippen molar-refractivity contribution in [3.05, 3.63) is 60.8 Å². The van der Waals surface area contributed by atoms with Crippen molar-refractivity contribution in [3.63, 3.8) is 0 Å². The fraction of sp³-hybridized carbons (Fsp3) is 0.800. The van der Waals surface area contributed by atoms with Crippen molar-refractivity contribution in [3.8, 4) is 0 Å². The standard InChI is InChI=1S/C60H110NO8P/c1-6-8-10-12-14-16-18-20-22-23-24-25-26-27-28-29-30-31-32-33-34-35-36-37-39-41-43-45-47-49-51-53-60(63)69-58(57-68-70(64,65)67-55-54-61(3,4)5)56-66-59(62)52-50-48-46-44-42-40-38-21-19-17-15-13-11-9-7-2/h8,10,14,16,20,22,24-25,27-28,58H,6-7,9,11-13,15,17-19,21,23,26,29-57H2,1-5H3/b10-8-,16-14-,22-20-,25-24-,28-27-. The van der Waals surface area contributed by atoms with Gasteiger partial charge in [-0.2, -0.15) is 0 Å². The number of phosphoric ester groups is 1. The van der Waals surface area contributed by atoms with E-state index in [0.29, 0.717) is 17.4 Å². The van der Waals surface area contributed by atoms with Gasteiger partial charge >= 0.3 is 11.9 Å². The smallest absolute Gasteiger partial charge is 0.306 e. The largest absolute Gasteiger partial charge is 0.756 e. The van der Waals surface area contributed by atoms with E-state index in [9.17, 15) is 19.0 Å². The van der Waals surface area contributed by atoms with Crippen LogP contribution < -0.4 is 4.89 Å². The zero-order valence-corrected chi connectivity index (χ0v) is 47.1. The molecule has 0 amide bonds. The second-order valence-corrected chi connectivity index (χ2v) is 22.0. The van der Waals surface area contributed by atoms with Crippen LogP contribution in [0.5, 0.6) is 0 Å². The average Bonchev–Trinajstić information content (AvgIpc) is 3.32. The normalized spacial score (nSPS) is 13.7. The summed E-state index contributed by atoms with van der Waals surface area (Å²) in [6.45, 7) is 4.15. The van der Waals surface area contributed by atoms with E-state index in [4.69, 9.17) is 18.5 Å². The highest BCUT2D eigenvalue weighted by Crippen LogP contribution is 2.38. The van der Waals surface area contributed by atoms with Crippen molar-refractivity contribution in [2.75, 3.05) is 47.5 Å². The minimum Gasteiger partial charge on any atom is -0.756 e. The minimum atomic E-state index is -4.63. The van der Waals surface area contributed by atoms with Crippen LogP contribution >= 0.6 is 7.82 Å². The number of hydrogen-bond donors (Lipinski definition) is 0. The number of carbonyl (C=O) groups is 2. The molecule has 0 saturated carbocycles. The summed E-state index contributed by atoms with van der Waals surface area (Å²) in [6.07, 6.45) is 65.5. The lowest BCUT2D eigenvalue weighted by Crippen LogP contribution is -2.37. The Hall–Kier alpha value is -2.29. The van der Waals surface area contributed by atoms with Gasteiger partial charge in [-0.3, -0.25) is 14.2 Å². The Morgan fingerprint density at radius 1 is 0.457 bits per heavy atom. The van der Waals surface area contributed by atoms with Gasteiger partial charge < -0.3 is 27.9 Å². The molecular formula is C60H110NO8P. The number of likely N-dealkylation sites (N-methyl/N-ethyl adjacent to an activating group) is 1. The third-order valence-electron chi connectivity index (χ3n) is 12.6. The molecule has 0 fully saturated rings. The molecule has 0 aliphatic rings. The van der Waals surface area contributed by atoms with Crippen LogP contribution in [0.25, 0.3) is 0 Å². The molecule has 0 N–H and O–H groups in total. The maximum Gasteiger partial charge on any atom is 0.306 e. The fourth-order valence-corrected chi connectivity index (χ4v) is 8.82. The molecule has 0 aromatic heterocycles. The molecule has 0 bridgehead atoms. The van der Waals surface area contributed by atoms with Crippen molar-refractivity contribution >= 4 is 19.8 Å². The number of esters is 2. The number of rotatable bonds is 53. The second kappa shape index (κ2) is 51.6. The summed E-state index contributed by atoms with van der Waals surface area (Å²) in [7, 11) is 1.17. The number of carbonyl (C=O) groups excluding carboxylic acids is 2. The predicted octanol–water partition coefficient (Wildman–Crippen LogP) is 17.3. The molecule has 408 valence electrons. The summed E-state index contributed by atoms with van der Waals surface area (Å²) in [5.41, 5.74) is 0. The van der Waals surface area contributed by atoms with Gasteiger partial charge in [0.05, 0.1) is 27.7 Å². The van der Waals surface area contributed by atoms with E-state index in [-0.39, 0.29) is 32.0 Å². The van der Waals surface area contributed by atoms with E-state index in [2.05, 4.69) is 74.6 Å². The quantitative estimate of drug-likeness (QED) is 0.0195. The molecular weight excluding hydrogens is 894 g/mol. The number of nitrogens with zero attached hydrogens (tertiary/aromatic N) is 1. The first-order valence-corrected chi connectivity index (χ1v) is 30.5. The van der Waals surface area contributed by atoms with Crippen LogP contribution in [0.1, 0.15) is 258 Å². The van der Waals surface area contributed by atoms with Crippen LogP contribution in [0.2, 0.25) is 0 Å². The zero-order valence-electron chi connectivity index (χ0n) is 46.2. The van der Waals surface area contributed by atoms with Gasteiger partial charge in [0.25, 0.3) is 7.82 Å². The SMILES string of the molecule is CC/C=C\C/C=C\C/C=C\C/C=C\C/C=C\CCCCCCCCCCCCCCCCCC(=O)OC(COC(=O)CCCCCCCCCCCCCCCCC)COP(=O)([O-])OCC[N+](C)(C)C. The zero-order chi connectivity index (χ0) is 51.3. The van der Waals surface area contributed by atoms with Gasteiger partial charge in [0.15, 0.2) is 6.10 Å². The number of unbranched alkanes of at least 4 members (excludes halogenated alkanes) is 29. The maximum atomic E-state index is 12.8. The van der Waals surface area contributed by atoms with E-state index in [0.717, 1.165) is 70.6 Å². The molecule has 0 aromatic rings. The van der Waals surface area contributed by atoms with Crippen LogP contribution in [-0.4, -0.2) is 70.0 Å². The molecule has 70 heavy (non-hydrogen) atoms. The fourth-order valence-electron chi connectivity index (χ4n) is 8.10. The number of ether oxygens (including phenoxy) is 2. The van der Waals surface area contributed by atoms with Crippen molar-refractivity contribution in [2.24, 2.45) is 0 Å². The molecule has 0 aliphatic heterocycles. The van der Waals surface area contributed by atoms with Crippen molar-refractivity contribution in [2.45, 2.75) is 264 Å². The van der Waals surface area contributed by atoms with Gasteiger partial charge in [0, 0.05) is 12.8 Å². The predicted molar refractivity (Wildman–Crippen MR) is 296 cm³/mol. The summed E-state index contributed by atoms with van der Waals surface area (Å²) in [5.74, 6) is -0.824. The van der Waals surface area contributed by atoms with Crippen molar-refractivity contribution in [1.82, 2.24) is 0 Å².